The van der Waals surface area contributed by atoms with Crippen LogP contribution in [-0.4, -0.2) is 62.6 Å². The third-order valence-electron chi connectivity index (χ3n) is 4.13. The molecule has 0 saturated heterocycles. The first kappa shape index (κ1) is 29.5. The largest absolute Gasteiger partial charge is 0.481 e. The number of benzene rings is 1. The molecule has 34 heavy (non-hydrogen) atoms. The molecule has 0 aliphatic carbocycles. The SMILES string of the molecule is CC(C)C[C@H](NC(=O)CNC(=O)c1cc(Cl)ccc1Cl)SOC(=O)CC(O)(CC(=O)O)C(=O)O. The lowest BCUT2D eigenvalue weighted by molar-refractivity contribution is -0.169. The van der Waals surface area contributed by atoms with Gasteiger partial charge in [0.15, 0.2) is 5.60 Å². The highest BCUT2D eigenvalue weighted by molar-refractivity contribution is 7.95. The predicted molar refractivity (Wildman–Crippen MR) is 123 cm³/mol. The summed E-state index contributed by atoms with van der Waals surface area (Å²) < 4.78 is 4.88. The summed E-state index contributed by atoms with van der Waals surface area (Å²) in [6.45, 7) is 3.24. The molecule has 0 fully saturated rings. The minimum absolute atomic E-state index is 0.0410. The minimum Gasteiger partial charge on any atom is -0.481 e. The van der Waals surface area contributed by atoms with Gasteiger partial charge in [-0.05, 0) is 30.5 Å². The standard InChI is InChI=1S/C20H24Cl2N2O9S/c1-10(2)5-15(34-33-17(28)8-20(32,19(30)31)7-16(26)27)24-14(25)9-23-18(29)12-6-11(21)3-4-13(12)22/h3-4,6,10,15,32H,5,7-9H2,1-2H3,(H,23,29)(H,24,25)(H,26,27)(H,30,31)/t15-,20?/m1/s1. The maximum absolute atomic E-state index is 12.3. The lowest BCUT2D eigenvalue weighted by Gasteiger charge is -2.22. The quantitative estimate of drug-likeness (QED) is 0.184. The molecular formula is C20H24Cl2N2O9S. The Morgan fingerprint density at radius 3 is 2.32 bits per heavy atom. The van der Waals surface area contributed by atoms with Gasteiger partial charge in [0.2, 0.25) is 5.91 Å². The number of carbonyl (C=O) groups is 5. The lowest BCUT2D eigenvalue weighted by Crippen LogP contribution is -2.43. The Kier molecular flexibility index (Phi) is 11.6. The number of carboxylic acids is 2. The number of carboxylic acid groups (broad SMARTS) is 2. The van der Waals surface area contributed by atoms with Gasteiger partial charge in [-0.15, -0.1) is 0 Å². The van der Waals surface area contributed by atoms with E-state index in [1.54, 1.807) is 0 Å². The van der Waals surface area contributed by atoms with Crippen LogP contribution in [0, 0.1) is 5.92 Å². The first-order chi connectivity index (χ1) is 15.7. The van der Waals surface area contributed by atoms with Gasteiger partial charge in [0, 0.05) is 5.02 Å². The molecule has 0 spiro atoms. The second-order valence-electron chi connectivity index (χ2n) is 7.63. The van der Waals surface area contributed by atoms with Crippen molar-refractivity contribution in [1.29, 1.82) is 0 Å². The van der Waals surface area contributed by atoms with Crippen molar-refractivity contribution in [3.63, 3.8) is 0 Å². The molecule has 0 radical (unpaired) electrons. The number of halogens is 2. The van der Waals surface area contributed by atoms with Gasteiger partial charge >= 0.3 is 17.9 Å². The van der Waals surface area contributed by atoms with Crippen molar-refractivity contribution in [2.45, 2.75) is 44.1 Å². The van der Waals surface area contributed by atoms with Crippen LogP contribution in [-0.2, 0) is 23.4 Å². The zero-order valence-corrected chi connectivity index (χ0v) is 20.5. The van der Waals surface area contributed by atoms with Gasteiger partial charge in [0.1, 0.15) is 5.37 Å². The molecule has 0 heterocycles. The molecule has 1 unspecified atom stereocenters. The van der Waals surface area contributed by atoms with E-state index in [0.717, 1.165) is 0 Å². The number of amides is 2. The maximum Gasteiger partial charge on any atom is 0.336 e. The van der Waals surface area contributed by atoms with Crippen LogP contribution in [0.2, 0.25) is 10.0 Å². The summed E-state index contributed by atoms with van der Waals surface area (Å²) in [5, 5.41) is 32.3. The van der Waals surface area contributed by atoms with Crippen molar-refractivity contribution >= 4 is 65.0 Å². The number of aliphatic hydroxyl groups is 1. The summed E-state index contributed by atoms with van der Waals surface area (Å²) in [5.74, 6) is -5.90. The summed E-state index contributed by atoms with van der Waals surface area (Å²) in [5.41, 5.74) is -2.76. The Labute approximate surface area is 209 Å². The number of carbonyl (C=O) groups excluding carboxylic acids is 3. The second-order valence-corrected chi connectivity index (χ2v) is 9.40. The predicted octanol–water partition coefficient (Wildman–Crippen LogP) is 2.08. The molecule has 2 atom stereocenters. The molecule has 0 aliphatic rings. The van der Waals surface area contributed by atoms with E-state index in [2.05, 4.69) is 10.6 Å². The smallest absolute Gasteiger partial charge is 0.336 e. The van der Waals surface area contributed by atoms with Crippen molar-refractivity contribution in [3.05, 3.63) is 33.8 Å². The van der Waals surface area contributed by atoms with E-state index in [-0.39, 0.29) is 21.5 Å². The summed E-state index contributed by atoms with van der Waals surface area (Å²) in [6.07, 6.45) is -1.99. The molecule has 0 aliphatic heterocycles. The van der Waals surface area contributed by atoms with Crippen LogP contribution in [0.25, 0.3) is 0 Å². The van der Waals surface area contributed by atoms with Gasteiger partial charge in [-0.3, -0.25) is 19.2 Å². The van der Waals surface area contributed by atoms with E-state index >= 15 is 0 Å². The van der Waals surface area contributed by atoms with Gasteiger partial charge < -0.3 is 30.1 Å². The lowest BCUT2D eigenvalue weighted by atomic mass is 9.96. The molecule has 2 amide bonds. The van der Waals surface area contributed by atoms with E-state index in [1.807, 2.05) is 13.8 Å². The van der Waals surface area contributed by atoms with Crippen LogP contribution in [0.5, 0.6) is 0 Å². The Morgan fingerprint density at radius 1 is 1.12 bits per heavy atom. The molecular weight excluding hydrogens is 515 g/mol. The highest BCUT2D eigenvalue weighted by atomic mass is 35.5. The van der Waals surface area contributed by atoms with Gasteiger partial charge in [-0.1, -0.05) is 37.0 Å². The highest BCUT2D eigenvalue weighted by Crippen LogP contribution is 2.23. The average Bonchev–Trinajstić information content (AvgIpc) is 2.70. The van der Waals surface area contributed by atoms with E-state index in [0.29, 0.717) is 18.5 Å². The first-order valence-electron chi connectivity index (χ1n) is 9.80. The normalized spacial score (nSPS) is 13.5. The topological polar surface area (TPSA) is 179 Å². The Balaban J connectivity index is 2.68. The molecule has 188 valence electrons. The molecule has 1 rings (SSSR count). The van der Waals surface area contributed by atoms with E-state index in [4.69, 9.17) is 37.6 Å². The molecule has 0 saturated carbocycles. The van der Waals surface area contributed by atoms with Crippen LogP contribution in [0.4, 0.5) is 0 Å². The monoisotopic (exact) mass is 538 g/mol. The van der Waals surface area contributed by atoms with Crippen molar-refractivity contribution < 1.29 is 43.5 Å². The summed E-state index contributed by atoms with van der Waals surface area (Å²) in [4.78, 5) is 58.5. The van der Waals surface area contributed by atoms with Gasteiger partial charge in [-0.2, -0.15) is 0 Å². The van der Waals surface area contributed by atoms with Crippen LogP contribution >= 0.6 is 35.2 Å². The van der Waals surface area contributed by atoms with E-state index in [9.17, 15) is 29.1 Å². The molecule has 1 aromatic rings. The fourth-order valence-corrected chi connectivity index (χ4v) is 3.85. The van der Waals surface area contributed by atoms with Crippen molar-refractivity contribution in [1.82, 2.24) is 10.6 Å². The number of hydrogen-bond acceptors (Lipinski definition) is 8. The van der Waals surface area contributed by atoms with Crippen molar-refractivity contribution in [3.8, 4) is 0 Å². The maximum atomic E-state index is 12.3. The second kappa shape index (κ2) is 13.4. The number of aliphatic carboxylic acids is 2. The Morgan fingerprint density at radius 2 is 1.76 bits per heavy atom. The van der Waals surface area contributed by atoms with E-state index < -0.39 is 60.1 Å². The number of rotatable bonds is 13. The van der Waals surface area contributed by atoms with Crippen LogP contribution in [0.3, 0.4) is 0 Å². The summed E-state index contributed by atoms with van der Waals surface area (Å²) in [6, 6.07) is 4.28. The minimum atomic E-state index is -2.84. The molecule has 0 bridgehead atoms. The molecule has 0 aromatic heterocycles. The molecule has 11 nitrogen and oxygen atoms in total. The van der Waals surface area contributed by atoms with Crippen LogP contribution < -0.4 is 10.6 Å². The Bertz CT molecular complexity index is 945. The molecule has 1 aromatic carbocycles. The fraction of sp³-hybridized carbons (Fsp3) is 0.450. The van der Waals surface area contributed by atoms with Gasteiger partial charge in [-0.25, -0.2) is 4.79 Å². The zero-order valence-electron chi connectivity index (χ0n) is 18.2. The molecule has 14 heteroatoms. The summed E-state index contributed by atoms with van der Waals surface area (Å²) >= 11 is 12.3. The van der Waals surface area contributed by atoms with Crippen LogP contribution in [0.1, 0.15) is 43.5 Å². The van der Waals surface area contributed by atoms with E-state index in [1.165, 1.54) is 18.2 Å². The molecule has 5 N–H and O–H groups in total. The van der Waals surface area contributed by atoms with Gasteiger partial charge in [0.05, 0.1) is 42.0 Å². The number of hydrogen-bond donors (Lipinski definition) is 5. The highest BCUT2D eigenvalue weighted by Gasteiger charge is 2.41. The Hall–Kier alpha value is -2.54. The third-order valence-corrected chi connectivity index (χ3v) is 5.52. The zero-order chi connectivity index (χ0) is 26.1. The van der Waals surface area contributed by atoms with Crippen molar-refractivity contribution in [2.75, 3.05) is 6.54 Å². The van der Waals surface area contributed by atoms with Crippen molar-refractivity contribution in [2.24, 2.45) is 5.92 Å². The fourth-order valence-electron chi connectivity index (χ4n) is 2.55. The van der Waals surface area contributed by atoms with Gasteiger partial charge in [0.25, 0.3) is 5.91 Å². The average molecular weight is 539 g/mol. The van der Waals surface area contributed by atoms with Crippen LogP contribution in [0.15, 0.2) is 18.2 Å². The number of nitrogens with one attached hydrogen (secondary N) is 2. The summed E-state index contributed by atoms with van der Waals surface area (Å²) in [7, 11) is 0. The third kappa shape index (κ3) is 10.2. The first-order valence-corrected chi connectivity index (χ1v) is 11.4.